The van der Waals surface area contributed by atoms with Crippen molar-refractivity contribution in [3.8, 4) is 0 Å². The molecule has 1 atom stereocenters. The quantitative estimate of drug-likeness (QED) is 0.817. The van der Waals surface area contributed by atoms with Crippen molar-refractivity contribution in [2.75, 3.05) is 13.1 Å². The summed E-state index contributed by atoms with van der Waals surface area (Å²) in [6, 6.07) is 10.1. The van der Waals surface area contributed by atoms with Gasteiger partial charge in [0.25, 0.3) is 0 Å². The summed E-state index contributed by atoms with van der Waals surface area (Å²) in [6.07, 6.45) is 4.38. The van der Waals surface area contributed by atoms with E-state index in [9.17, 15) is 4.79 Å². The topological polar surface area (TPSA) is 29.5 Å². The van der Waals surface area contributed by atoms with Crippen LogP contribution in [0.2, 0.25) is 0 Å². The fraction of sp³-hybridized carbons (Fsp3) is 0.533. The summed E-state index contributed by atoms with van der Waals surface area (Å²) in [5, 5.41) is 0. The fourth-order valence-corrected chi connectivity index (χ4v) is 2.56. The van der Waals surface area contributed by atoms with Gasteiger partial charge in [-0.1, -0.05) is 30.3 Å². The van der Waals surface area contributed by atoms with E-state index in [0.717, 1.165) is 31.5 Å². The molecule has 2 aliphatic rings. The van der Waals surface area contributed by atoms with Crippen molar-refractivity contribution < 1.29 is 9.53 Å². The highest BCUT2D eigenvalue weighted by Crippen LogP contribution is 2.43. The molecule has 3 heteroatoms. The monoisotopic (exact) mass is 245 g/mol. The number of rotatable bonds is 3. The predicted octanol–water partition coefficient (Wildman–Crippen LogP) is 3.37. The average Bonchev–Trinajstić information content (AvgIpc) is 3.10. The molecule has 2 fully saturated rings. The Morgan fingerprint density at radius 2 is 1.83 bits per heavy atom. The smallest absolute Gasteiger partial charge is 0.410 e. The molecule has 3 nitrogen and oxygen atoms in total. The van der Waals surface area contributed by atoms with Gasteiger partial charge in [-0.05, 0) is 31.2 Å². The summed E-state index contributed by atoms with van der Waals surface area (Å²) in [5.74, 6) is 0.527. The molecule has 1 aromatic rings. The van der Waals surface area contributed by atoms with Gasteiger partial charge in [-0.15, -0.1) is 0 Å². The van der Waals surface area contributed by atoms with E-state index in [1.54, 1.807) is 0 Å². The van der Waals surface area contributed by atoms with Gasteiger partial charge < -0.3 is 9.64 Å². The molecule has 18 heavy (non-hydrogen) atoms. The van der Waals surface area contributed by atoms with Crippen LogP contribution in [0.25, 0.3) is 0 Å². The molecule has 0 radical (unpaired) electrons. The molecule has 1 unspecified atom stereocenters. The van der Waals surface area contributed by atoms with Gasteiger partial charge in [-0.25, -0.2) is 4.79 Å². The lowest BCUT2D eigenvalue weighted by Gasteiger charge is -2.22. The maximum atomic E-state index is 12.1. The SMILES string of the molecule is O=C(OC(c1ccccc1)C1CC1)N1CCCC1. The van der Waals surface area contributed by atoms with Crippen LogP contribution >= 0.6 is 0 Å². The summed E-state index contributed by atoms with van der Waals surface area (Å²) in [6.45, 7) is 1.70. The molecule has 0 N–H and O–H groups in total. The number of ether oxygens (including phenoxy) is 1. The van der Waals surface area contributed by atoms with Crippen molar-refractivity contribution in [1.29, 1.82) is 0 Å². The van der Waals surface area contributed by atoms with E-state index in [1.807, 2.05) is 23.1 Å². The molecule has 3 rings (SSSR count). The zero-order valence-electron chi connectivity index (χ0n) is 10.5. The fourth-order valence-electron chi connectivity index (χ4n) is 2.56. The minimum Gasteiger partial charge on any atom is -0.441 e. The van der Waals surface area contributed by atoms with Gasteiger partial charge in [0.2, 0.25) is 0 Å². The molecule has 0 spiro atoms. The van der Waals surface area contributed by atoms with Crippen LogP contribution in [0.3, 0.4) is 0 Å². The van der Waals surface area contributed by atoms with Crippen LogP contribution in [0, 0.1) is 5.92 Å². The molecular formula is C15H19NO2. The molecule has 1 heterocycles. The van der Waals surface area contributed by atoms with Crippen LogP contribution in [-0.4, -0.2) is 24.1 Å². The molecule has 1 aliphatic carbocycles. The minimum absolute atomic E-state index is 0.0423. The molecule has 1 aliphatic heterocycles. The van der Waals surface area contributed by atoms with Crippen LogP contribution in [-0.2, 0) is 4.74 Å². The van der Waals surface area contributed by atoms with Crippen molar-refractivity contribution in [1.82, 2.24) is 4.90 Å². The highest BCUT2D eigenvalue weighted by molar-refractivity contribution is 5.68. The van der Waals surface area contributed by atoms with E-state index in [4.69, 9.17) is 4.74 Å². The van der Waals surface area contributed by atoms with Gasteiger partial charge in [-0.2, -0.15) is 0 Å². The van der Waals surface area contributed by atoms with Crippen molar-refractivity contribution in [2.45, 2.75) is 31.8 Å². The van der Waals surface area contributed by atoms with Crippen LogP contribution in [0.4, 0.5) is 4.79 Å². The van der Waals surface area contributed by atoms with E-state index >= 15 is 0 Å². The predicted molar refractivity (Wildman–Crippen MR) is 69.2 cm³/mol. The number of benzene rings is 1. The van der Waals surface area contributed by atoms with Crippen molar-refractivity contribution in [3.63, 3.8) is 0 Å². The number of carbonyl (C=O) groups excluding carboxylic acids is 1. The Hall–Kier alpha value is -1.51. The van der Waals surface area contributed by atoms with E-state index in [1.165, 1.54) is 12.8 Å². The molecule has 1 saturated heterocycles. The first kappa shape index (κ1) is 11.6. The van der Waals surface area contributed by atoms with E-state index in [2.05, 4.69) is 12.1 Å². The van der Waals surface area contributed by atoms with Crippen molar-refractivity contribution >= 4 is 6.09 Å². The zero-order chi connectivity index (χ0) is 12.4. The summed E-state index contributed by atoms with van der Waals surface area (Å²) < 4.78 is 5.73. The van der Waals surface area contributed by atoms with Gasteiger partial charge in [0.15, 0.2) is 0 Å². The van der Waals surface area contributed by atoms with E-state index in [0.29, 0.717) is 5.92 Å². The molecule has 1 saturated carbocycles. The van der Waals surface area contributed by atoms with Gasteiger partial charge in [0.05, 0.1) is 0 Å². The number of hydrogen-bond acceptors (Lipinski definition) is 2. The van der Waals surface area contributed by atoms with Crippen LogP contribution in [0.5, 0.6) is 0 Å². The van der Waals surface area contributed by atoms with Crippen molar-refractivity contribution in [3.05, 3.63) is 35.9 Å². The first-order valence-electron chi connectivity index (χ1n) is 6.85. The molecule has 0 aromatic heterocycles. The maximum Gasteiger partial charge on any atom is 0.410 e. The third-order valence-corrected chi connectivity index (χ3v) is 3.77. The summed E-state index contributed by atoms with van der Waals surface area (Å²) in [5.41, 5.74) is 1.13. The number of amides is 1. The Morgan fingerprint density at radius 1 is 1.17 bits per heavy atom. The third-order valence-electron chi connectivity index (χ3n) is 3.77. The maximum absolute atomic E-state index is 12.1. The first-order chi connectivity index (χ1) is 8.84. The number of likely N-dealkylation sites (tertiary alicyclic amines) is 1. The molecular weight excluding hydrogens is 226 g/mol. The molecule has 1 amide bonds. The lowest BCUT2D eigenvalue weighted by molar-refractivity contribution is 0.0578. The standard InChI is InChI=1S/C15H19NO2/c17-15(16-10-4-5-11-16)18-14(13-8-9-13)12-6-2-1-3-7-12/h1-3,6-7,13-14H,4-5,8-11H2. The summed E-state index contributed by atoms with van der Waals surface area (Å²) >= 11 is 0. The summed E-state index contributed by atoms with van der Waals surface area (Å²) in [4.78, 5) is 13.9. The second-order valence-corrected chi connectivity index (χ2v) is 5.25. The number of nitrogens with zero attached hydrogens (tertiary/aromatic N) is 1. The second kappa shape index (κ2) is 5.01. The molecule has 0 bridgehead atoms. The van der Waals surface area contributed by atoms with Gasteiger partial charge in [0.1, 0.15) is 6.10 Å². The van der Waals surface area contributed by atoms with Crippen LogP contribution in [0.1, 0.15) is 37.4 Å². The second-order valence-electron chi connectivity index (χ2n) is 5.25. The summed E-state index contributed by atoms with van der Waals surface area (Å²) in [7, 11) is 0. The Morgan fingerprint density at radius 3 is 2.44 bits per heavy atom. The average molecular weight is 245 g/mol. The minimum atomic E-state index is -0.131. The van der Waals surface area contributed by atoms with Gasteiger partial charge >= 0.3 is 6.09 Å². The van der Waals surface area contributed by atoms with Gasteiger partial charge in [-0.3, -0.25) is 0 Å². The third kappa shape index (κ3) is 2.50. The largest absolute Gasteiger partial charge is 0.441 e. The van der Waals surface area contributed by atoms with Crippen molar-refractivity contribution in [2.24, 2.45) is 5.92 Å². The molecule has 96 valence electrons. The lowest BCUT2D eigenvalue weighted by Crippen LogP contribution is -2.30. The zero-order valence-corrected chi connectivity index (χ0v) is 10.5. The number of carbonyl (C=O) groups is 1. The highest BCUT2D eigenvalue weighted by atomic mass is 16.6. The first-order valence-corrected chi connectivity index (χ1v) is 6.85. The normalized spacial score (nSPS) is 20.8. The Bertz CT molecular complexity index is 408. The van der Waals surface area contributed by atoms with Crippen LogP contribution < -0.4 is 0 Å². The number of hydrogen-bond donors (Lipinski definition) is 0. The Kier molecular flexibility index (Phi) is 3.22. The Balaban J connectivity index is 1.69. The van der Waals surface area contributed by atoms with Crippen LogP contribution in [0.15, 0.2) is 30.3 Å². The highest BCUT2D eigenvalue weighted by Gasteiger charge is 2.36. The lowest BCUT2D eigenvalue weighted by atomic mass is 10.1. The van der Waals surface area contributed by atoms with E-state index in [-0.39, 0.29) is 12.2 Å². The Labute approximate surface area is 108 Å². The van der Waals surface area contributed by atoms with Gasteiger partial charge in [0, 0.05) is 19.0 Å². The molecule has 1 aromatic carbocycles. The van der Waals surface area contributed by atoms with E-state index < -0.39 is 0 Å².